The SMILES string of the molecule is CCN(CC)C(=O)n1ccc(Sc2cccc(C)n2)n1. The molecule has 2 rings (SSSR count). The van der Waals surface area contributed by atoms with Gasteiger partial charge in [-0.3, -0.25) is 0 Å². The molecule has 20 heavy (non-hydrogen) atoms. The van der Waals surface area contributed by atoms with Crippen LogP contribution in [0.1, 0.15) is 19.5 Å². The van der Waals surface area contributed by atoms with E-state index >= 15 is 0 Å². The number of rotatable bonds is 4. The van der Waals surface area contributed by atoms with Crippen LogP contribution in [0.2, 0.25) is 0 Å². The molecule has 0 aliphatic carbocycles. The molecule has 2 heterocycles. The van der Waals surface area contributed by atoms with Gasteiger partial charge < -0.3 is 4.90 Å². The highest BCUT2D eigenvalue weighted by Crippen LogP contribution is 2.24. The standard InChI is InChI=1S/C14H18N4OS/c1-4-17(5-2)14(19)18-10-9-13(16-18)20-12-8-6-7-11(3)15-12/h6-10H,4-5H2,1-3H3. The van der Waals surface area contributed by atoms with Crippen molar-refractivity contribution < 1.29 is 4.79 Å². The topological polar surface area (TPSA) is 51.0 Å². The van der Waals surface area contributed by atoms with E-state index in [2.05, 4.69) is 10.1 Å². The van der Waals surface area contributed by atoms with Crippen molar-refractivity contribution in [3.8, 4) is 0 Å². The molecule has 0 N–H and O–H groups in total. The van der Waals surface area contributed by atoms with Crippen LogP contribution in [0.25, 0.3) is 0 Å². The number of aromatic nitrogens is 3. The summed E-state index contributed by atoms with van der Waals surface area (Å²) in [6, 6.07) is 7.58. The second-order valence-electron chi connectivity index (χ2n) is 4.27. The highest BCUT2D eigenvalue weighted by atomic mass is 32.2. The summed E-state index contributed by atoms with van der Waals surface area (Å²) < 4.78 is 1.38. The van der Waals surface area contributed by atoms with Crippen molar-refractivity contribution in [2.75, 3.05) is 13.1 Å². The van der Waals surface area contributed by atoms with Gasteiger partial charge in [-0.25, -0.2) is 9.78 Å². The zero-order valence-electron chi connectivity index (χ0n) is 11.9. The molecule has 0 aliphatic heterocycles. The van der Waals surface area contributed by atoms with E-state index in [0.29, 0.717) is 13.1 Å². The van der Waals surface area contributed by atoms with Crippen LogP contribution >= 0.6 is 11.8 Å². The summed E-state index contributed by atoms with van der Waals surface area (Å²) in [6.07, 6.45) is 1.69. The van der Waals surface area contributed by atoms with Crippen molar-refractivity contribution in [2.24, 2.45) is 0 Å². The molecule has 2 aromatic rings. The van der Waals surface area contributed by atoms with Crippen molar-refractivity contribution in [1.82, 2.24) is 19.7 Å². The maximum Gasteiger partial charge on any atom is 0.344 e. The van der Waals surface area contributed by atoms with E-state index in [-0.39, 0.29) is 6.03 Å². The molecule has 2 aromatic heterocycles. The predicted molar refractivity (Wildman–Crippen MR) is 79.0 cm³/mol. The monoisotopic (exact) mass is 290 g/mol. The van der Waals surface area contributed by atoms with Crippen molar-refractivity contribution in [3.63, 3.8) is 0 Å². The average molecular weight is 290 g/mol. The summed E-state index contributed by atoms with van der Waals surface area (Å²) in [5, 5.41) is 5.95. The molecule has 6 heteroatoms. The largest absolute Gasteiger partial charge is 0.344 e. The van der Waals surface area contributed by atoms with E-state index in [1.165, 1.54) is 16.4 Å². The summed E-state index contributed by atoms with van der Waals surface area (Å²) in [5.74, 6) is 0. The first-order valence-corrected chi connectivity index (χ1v) is 7.42. The molecular weight excluding hydrogens is 272 g/mol. The molecule has 0 aliphatic rings. The van der Waals surface area contributed by atoms with Crippen LogP contribution in [0.5, 0.6) is 0 Å². The Kier molecular flexibility index (Phi) is 4.79. The van der Waals surface area contributed by atoms with Crippen LogP contribution in [0.3, 0.4) is 0 Å². The normalized spacial score (nSPS) is 10.6. The van der Waals surface area contributed by atoms with Crippen molar-refractivity contribution in [3.05, 3.63) is 36.2 Å². The predicted octanol–water partition coefficient (Wildman–Crippen LogP) is 3.05. The first-order valence-electron chi connectivity index (χ1n) is 6.60. The third-order valence-electron chi connectivity index (χ3n) is 2.87. The Labute approximate surface area is 123 Å². The molecule has 0 unspecified atom stereocenters. The highest BCUT2D eigenvalue weighted by Gasteiger charge is 2.13. The fourth-order valence-corrected chi connectivity index (χ4v) is 2.60. The number of carbonyl (C=O) groups is 1. The van der Waals surface area contributed by atoms with Crippen LogP contribution in [-0.2, 0) is 0 Å². The number of amides is 1. The lowest BCUT2D eigenvalue weighted by Gasteiger charge is -2.17. The first-order chi connectivity index (χ1) is 9.63. The summed E-state index contributed by atoms with van der Waals surface area (Å²) in [4.78, 5) is 18.3. The molecule has 0 saturated heterocycles. The van der Waals surface area contributed by atoms with Crippen molar-refractivity contribution in [1.29, 1.82) is 0 Å². The summed E-state index contributed by atoms with van der Waals surface area (Å²) in [5.41, 5.74) is 0.966. The van der Waals surface area contributed by atoms with E-state index in [1.807, 2.05) is 45.0 Å². The minimum Gasteiger partial charge on any atom is -0.323 e. The van der Waals surface area contributed by atoms with Crippen LogP contribution in [0, 0.1) is 6.92 Å². The van der Waals surface area contributed by atoms with E-state index in [9.17, 15) is 4.79 Å². The quantitative estimate of drug-likeness (QED) is 0.868. The number of aryl methyl sites for hydroxylation is 1. The Bertz CT molecular complexity index is 592. The van der Waals surface area contributed by atoms with Gasteiger partial charge in [-0.15, -0.1) is 0 Å². The van der Waals surface area contributed by atoms with Crippen LogP contribution in [0.4, 0.5) is 4.79 Å². The summed E-state index contributed by atoms with van der Waals surface area (Å²) in [6.45, 7) is 7.22. The molecule has 0 radical (unpaired) electrons. The minimum absolute atomic E-state index is 0.0981. The molecule has 0 bridgehead atoms. The van der Waals surface area contributed by atoms with Gasteiger partial charge >= 0.3 is 6.03 Å². The van der Waals surface area contributed by atoms with Gasteiger partial charge in [0.05, 0.1) is 0 Å². The fourth-order valence-electron chi connectivity index (χ4n) is 1.79. The summed E-state index contributed by atoms with van der Waals surface area (Å²) >= 11 is 1.45. The third kappa shape index (κ3) is 3.39. The number of nitrogens with zero attached hydrogens (tertiary/aromatic N) is 4. The molecule has 5 nitrogen and oxygen atoms in total. The van der Waals surface area contributed by atoms with Gasteiger partial charge in [0, 0.05) is 25.0 Å². The smallest absolute Gasteiger partial charge is 0.323 e. The molecule has 1 amide bonds. The Balaban J connectivity index is 2.11. The lowest BCUT2D eigenvalue weighted by atomic mass is 10.4. The second kappa shape index (κ2) is 6.56. The van der Waals surface area contributed by atoms with Crippen LogP contribution in [-0.4, -0.2) is 38.8 Å². The van der Waals surface area contributed by atoms with Gasteiger partial charge in [0.25, 0.3) is 0 Å². The van der Waals surface area contributed by atoms with E-state index in [1.54, 1.807) is 11.1 Å². The fraction of sp³-hybridized carbons (Fsp3) is 0.357. The number of pyridine rings is 1. The van der Waals surface area contributed by atoms with Crippen LogP contribution < -0.4 is 0 Å². The highest BCUT2D eigenvalue weighted by molar-refractivity contribution is 7.99. The average Bonchev–Trinajstić information content (AvgIpc) is 2.88. The number of carbonyl (C=O) groups excluding carboxylic acids is 1. The van der Waals surface area contributed by atoms with Gasteiger partial charge in [0.2, 0.25) is 0 Å². The minimum atomic E-state index is -0.0981. The van der Waals surface area contributed by atoms with Gasteiger partial charge in [0.1, 0.15) is 10.1 Å². The zero-order valence-corrected chi connectivity index (χ0v) is 12.7. The lowest BCUT2D eigenvalue weighted by molar-refractivity contribution is 0.201. The molecule has 0 aromatic carbocycles. The Morgan fingerprint density at radius 2 is 2.00 bits per heavy atom. The Hall–Kier alpha value is -1.82. The second-order valence-corrected chi connectivity index (χ2v) is 5.31. The van der Waals surface area contributed by atoms with Crippen LogP contribution in [0.15, 0.2) is 40.5 Å². The maximum atomic E-state index is 12.1. The molecule has 0 fully saturated rings. The first kappa shape index (κ1) is 14.6. The van der Waals surface area contributed by atoms with Gasteiger partial charge in [-0.05, 0) is 50.7 Å². The van der Waals surface area contributed by atoms with E-state index in [4.69, 9.17) is 0 Å². The molecular formula is C14H18N4OS. The Morgan fingerprint density at radius 1 is 1.25 bits per heavy atom. The van der Waals surface area contributed by atoms with Gasteiger partial charge in [0.15, 0.2) is 0 Å². The molecule has 0 spiro atoms. The van der Waals surface area contributed by atoms with E-state index in [0.717, 1.165) is 15.7 Å². The third-order valence-corrected chi connectivity index (χ3v) is 3.73. The van der Waals surface area contributed by atoms with E-state index < -0.39 is 0 Å². The number of hydrogen-bond acceptors (Lipinski definition) is 4. The molecule has 106 valence electrons. The van der Waals surface area contributed by atoms with Crippen molar-refractivity contribution in [2.45, 2.75) is 30.8 Å². The van der Waals surface area contributed by atoms with Crippen molar-refractivity contribution >= 4 is 17.8 Å². The lowest BCUT2D eigenvalue weighted by Crippen LogP contribution is -2.34. The Morgan fingerprint density at radius 3 is 2.65 bits per heavy atom. The molecule has 0 atom stereocenters. The summed E-state index contributed by atoms with van der Waals surface area (Å²) in [7, 11) is 0. The zero-order chi connectivity index (χ0) is 14.5. The molecule has 0 saturated carbocycles. The van der Waals surface area contributed by atoms with Gasteiger partial charge in [-0.2, -0.15) is 9.78 Å². The van der Waals surface area contributed by atoms with Gasteiger partial charge in [-0.1, -0.05) is 6.07 Å². The maximum absolute atomic E-state index is 12.1. The number of hydrogen-bond donors (Lipinski definition) is 0.